The summed E-state index contributed by atoms with van der Waals surface area (Å²) in [4.78, 5) is 29.0. The Kier molecular flexibility index (Phi) is 6.21. The lowest BCUT2D eigenvalue weighted by Gasteiger charge is -2.12. The molecule has 0 spiro atoms. The molecule has 30 heavy (non-hydrogen) atoms. The molecule has 0 aliphatic heterocycles. The number of halogens is 4. The Labute approximate surface area is 178 Å². The van der Waals surface area contributed by atoms with E-state index in [1.165, 1.54) is 18.3 Å². The first-order valence-electron chi connectivity index (χ1n) is 8.64. The number of alkyl halides is 3. The van der Waals surface area contributed by atoms with Crippen molar-refractivity contribution in [2.45, 2.75) is 13.1 Å². The van der Waals surface area contributed by atoms with Gasteiger partial charge in [-0.1, -0.05) is 12.1 Å². The molecule has 154 valence electrons. The Balaban J connectivity index is 1.80. The average molecular weight is 478 g/mol. The molecule has 2 aromatic carbocycles. The average Bonchev–Trinajstić information content (AvgIpc) is 2.69. The van der Waals surface area contributed by atoms with Crippen LogP contribution in [0.5, 0.6) is 0 Å². The van der Waals surface area contributed by atoms with E-state index in [-0.39, 0.29) is 11.3 Å². The molecule has 0 bridgehead atoms. The van der Waals surface area contributed by atoms with E-state index in [9.17, 15) is 22.8 Å². The summed E-state index contributed by atoms with van der Waals surface area (Å²) in [6.07, 6.45) is -1.49. The van der Waals surface area contributed by atoms with E-state index in [0.29, 0.717) is 21.3 Å². The second-order valence-corrected chi connectivity index (χ2v) is 7.32. The highest BCUT2D eigenvalue weighted by Gasteiger charge is 2.30. The van der Waals surface area contributed by atoms with Crippen LogP contribution in [0.25, 0.3) is 0 Å². The highest BCUT2D eigenvalue weighted by Crippen LogP contribution is 2.29. The fourth-order valence-electron chi connectivity index (χ4n) is 2.66. The van der Waals surface area contributed by atoms with Crippen molar-refractivity contribution < 1.29 is 22.8 Å². The van der Waals surface area contributed by atoms with Crippen molar-refractivity contribution in [2.24, 2.45) is 0 Å². The lowest BCUT2D eigenvalue weighted by atomic mass is 10.1. The van der Waals surface area contributed by atoms with Gasteiger partial charge in [-0.15, -0.1) is 0 Å². The molecule has 0 aliphatic carbocycles. The number of amides is 2. The molecule has 9 heteroatoms. The molecule has 1 aromatic heterocycles. The van der Waals surface area contributed by atoms with Crippen molar-refractivity contribution in [2.75, 3.05) is 10.6 Å². The quantitative estimate of drug-likeness (QED) is 0.507. The van der Waals surface area contributed by atoms with Gasteiger partial charge in [0.25, 0.3) is 11.8 Å². The number of carbonyl (C=O) groups is 2. The Bertz CT molecular complexity index is 1120. The molecule has 0 unspecified atom stereocenters. The molecule has 5 nitrogen and oxygen atoms in total. The molecule has 3 rings (SSSR count). The van der Waals surface area contributed by atoms with Crippen molar-refractivity contribution in [1.29, 1.82) is 0 Å². The largest absolute Gasteiger partial charge is 0.416 e. The molecule has 2 N–H and O–H groups in total. The minimum absolute atomic E-state index is 0.142. The maximum Gasteiger partial charge on any atom is 0.416 e. The lowest BCUT2D eigenvalue weighted by molar-refractivity contribution is -0.137. The van der Waals surface area contributed by atoms with E-state index in [2.05, 4.69) is 31.5 Å². The maximum absolute atomic E-state index is 12.9. The van der Waals surface area contributed by atoms with E-state index in [4.69, 9.17) is 0 Å². The third-order valence-electron chi connectivity index (χ3n) is 4.15. The van der Waals surface area contributed by atoms with Crippen LogP contribution in [-0.4, -0.2) is 16.8 Å². The van der Waals surface area contributed by atoms with E-state index in [0.717, 1.165) is 18.2 Å². The normalized spacial score (nSPS) is 11.1. The number of benzene rings is 2. The molecule has 0 saturated heterocycles. The Morgan fingerprint density at radius 2 is 1.67 bits per heavy atom. The number of anilines is 2. The van der Waals surface area contributed by atoms with Gasteiger partial charge < -0.3 is 10.6 Å². The second kappa shape index (κ2) is 8.66. The zero-order chi connectivity index (χ0) is 21.9. The number of aryl methyl sites for hydroxylation is 1. The number of carbonyl (C=O) groups excluding carboxylic acids is 2. The maximum atomic E-state index is 12.9. The van der Waals surface area contributed by atoms with Gasteiger partial charge in [0.2, 0.25) is 0 Å². The van der Waals surface area contributed by atoms with Gasteiger partial charge in [-0.05, 0) is 64.8 Å². The molecule has 0 saturated carbocycles. The van der Waals surface area contributed by atoms with Crippen LogP contribution < -0.4 is 10.6 Å². The van der Waals surface area contributed by atoms with Gasteiger partial charge in [0.05, 0.1) is 17.4 Å². The van der Waals surface area contributed by atoms with Crippen molar-refractivity contribution >= 4 is 39.1 Å². The predicted molar refractivity (Wildman–Crippen MR) is 110 cm³/mol. The van der Waals surface area contributed by atoms with Gasteiger partial charge in [-0.2, -0.15) is 13.2 Å². The highest BCUT2D eigenvalue weighted by atomic mass is 79.9. The molecule has 0 radical (unpaired) electrons. The molecule has 0 fully saturated rings. The number of hydrogen-bond donors (Lipinski definition) is 2. The first-order chi connectivity index (χ1) is 14.1. The summed E-state index contributed by atoms with van der Waals surface area (Å²) in [5.74, 6) is -1.13. The molecule has 3 aromatic rings. The minimum Gasteiger partial charge on any atom is -0.322 e. The molecule has 0 aliphatic rings. The summed E-state index contributed by atoms with van der Waals surface area (Å²) in [5, 5.41) is 5.23. The van der Waals surface area contributed by atoms with Gasteiger partial charge in [0, 0.05) is 27.5 Å². The Morgan fingerprint density at radius 1 is 0.933 bits per heavy atom. The van der Waals surface area contributed by atoms with Crippen molar-refractivity contribution in [1.82, 2.24) is 4.98 Å². The van der Waals surface area contributed by atoms with Gasteiger partial charge >= 0.3 is 6.18 Å². The van der Waals surface area contributed by atoms with Crippen molar-refractivity contribution in [3.63, 3.8) is 0 Å². The fraction of sp³-hybridized carbons (Fsp3) is 0.0952. The van der Waals surface area contributed by atoms with E-state index < -0.39 is 23.6 Å². The predicted octanol–water partition coefficient (Wildman–Crippen LogP) is 5.68. The number of rotatable bonds is 4. The van der Waals surface area contributed by atoms with Crippen LogP contribution in [0.4, 0.5) is 24.5 Å². The molecular weight excluding hydrogens is 463 g/mol. The number of nitrogens with zero attached hydrogens (tertiary/aromatic N) is 1. The molecule has 1 heterocycles. The van der Waals surface area contributed by atoms with Crippen LogP contribution in [0.15, 0.2) is 65.4 Å². The summed E-state index contributed by atoms with van der Waals surface area (Å²) in [6.45, 7) is 1.73. The summed E-state index contributed by atoms with van der Waals surface area (Å²) in [5.41, 5.74) is 0.662. The van der Waals surface area contributed by atoms with Crippen LogP contribution >= 0.6 is 15.9 Å². The Hall–Kier alpha value is -3.20. The molecule has 2 amide bonds. The summed E-state index contributed by atoms with van der Waals surface area (Å²) >= 11 is 3.27. The fourth-order valence-corrected chi connectivity index (χ4v) is 3.03. The standard InChI is InChI=1S/C21H15BrF3N3O2/c1-12-5-6-16(9-18(12)20(30)28-17-8-15(22)10-26-11-17)27-19(29)13-3-2-4-14(7-13)21(23,24)25/h2-11H,1H3,(H,27,29)(H,28,30). The second-order valence-electron chi connectivity index (χ2n) is 6.41. The third-order valence-corrected chi connectivity index (χ3v) is 4.59. The number of pyridine rings is 1. The zero-order valence-electron chi connectivity index (χ0n) is 15.5. The van der Waals surface area contributed by atoms with E-state index in [1.54, 1.807) is 31.3 Å². The summed E-state index contributed by atoms with van der Waals surface area (Å²) in [6, 6.07) is 10.5. The third kappa shape index (κ3) is 5.24. The van der Waals surface area contributed by atoms with Crippen molar-refractivity contribution in [3.05, 3.63) is 87.7 Å². The topological polar surface area (TPSA) is 71.1 Å². The van der Waals surface area contributed by atoms with Crippen LogP contribution in [0.3, 0.4) is 0 Å². The van der Waals surface area contributed by atoms with Crippen LogP contribution in [-0.2, 0) is 6.18 Å². The smallest absolute Gasteiger partial charge is 0.322 e. The number of aromatic nitrogens is 1. The summed E-state index contributed by atoms with van der Waals surface area (Å²) < 4.78 is 39.3. The summed E-state index contributed by atoms with van der Waals surface area (Å²) in [7, 11) is 0. The molecular formula is C21H15BrF3N3O2. The van der Waals surface area contributed by atoms with Gasteiger partial charge in [-0.25, -0.2) is 0 Å². The van der Waals surface area contributed by atoms with E-state index in [1.807, 2.05) is 0 Å². The monoisotopic (exact) mass is 477 g/mol. The van der Waals surface area contributed by atoms with Crippen LogP contribution in [0.2, 0.25) is 0 Å². The first kappa shape index (κ1) is 21.5. The Morgan fingerprint density at radius 3 is 2.37 bits per heavy atom. The SMILES string of the molecule is Cc1ccc(NC(=O)c2cccc(C(F)(F)F)c2)cc1C(=O)Nc1cncc(Br)c1. The van der Waals surface area contributed by atoms with Crippen LogP contribution in [0, 0.1) is 6.92 Å². The lowest BCUT2D eigenvalue weighted by Crippen LogP contribution is -2.16. The highest BCUT2D eigenvalue weighted by molar-refractivity contribution is 9.10. The first-order valence-corrected chi connectivity index (χ1v) is 9.44. The van der Waals surface area contributed by atoms with Gasteiger partial charge in [0.15, 0.2) is 0 Å². The van der Waals surface area contributed by atoms with E-state index >= 15 is 0 Å². The minimum atomic E-state index is -4.55. The number of nitrogens with one attached hydrogen (secondary N) is 2. The van der Waals surface area contributed by atoms with Crippen LogP contribution in [0.1, 0.15) is 31.8 Å². The van der Waals surface area contributed by atoms with Gasteiger partial charge in [-0.3, -0.25) is 14.6 Å². The van der Waals surface area contributed by atoms with Gasteiger partial charge in [0.1, 0.15) is 0 Å². The number of hydrogen-bond acceptors (Lipinski definition) is 3. The molecule has 0 atom stereocenters. The van der Waals surface area contributed by atoms with Crippen molar-refractivity contribution in [3.8, 4) is 0 Å². The zero-order valence-corrected chi connectivity index (χ0v) is 17.1.